The molecule has 152 valence electrons. The first-order chi connectivity index (χ1) is 13.9. The highest BCUT2D eigenvalue weighted by atomic mass is 35.5. The van der Waals surface area contributed by atoms with E-state index in [0.29, 0.717) is 35.3 Å². The van der Waals surface area contributed by atoms with E-state index in [1.54, 1.807) is 32.4 Å². The molecule has 0 saturated carbocycles. The smallest absolute Gasteiger partial charge is 0.251 e. The van der Waals surface area contributed by atoms with Crippen LogP contribution in [0.25, 0.3) is 0 Å². The number of fused-ring (bicyclic) bond motifs is 1. The molecule has 2 aromatic rings. The molecule has 2 heterocycles. The van der Waals surface area contributed by atoms with Crippen LogP contribution in [0.4, 0.5) is 5.69 Å². The van der Waals surface area contributed by atoms with Gasteiger partial charge in [0, 0.05) is 13.1 Å². The zero-order valence-electron chi connectivity index (χ0n) is 16.1. The SMILES string of the molecule is COc1cc2c(cc1OC)CN([C@@H]1CC(=O)N(c3cccc(Cl)c3Cl)C1=O)CC2. The Morgan fingerprint density at radius 1 is 1.03 bits per heavy atom. The standard InChI is InChI=1S/C21H20Cl2N2O4/c1-28-17-8-12-6-7-24(11-13(12)9-18(17)29-2)16-10-19(26)25(21(16)27)15-5-3-4-14(22)20(15)23/h3-5,8-9,16H,6-7,10-11H2,1-2H3/t16-/m1/s1. The average Bonchev–Trinajstić information content (AvgIpc) is 3.02. The first-order valence-electron chi connectivity index (χ1n) is 9.23. The number of hydrogen-bond acceptors (Lipinski definition) is 5. The van der Waals surface area contributed by atoms with Crippen molar-refractivity contribution in [2.75, 3.05) is 25.7 Å². The van der Waals surface area contributed by atoms with E-state index in [1.807, 2.05) is 17.0 Å². The summed E-state index contributed by atoms with van der Waals surface area (Å²) in [5, 5.41) is 0.512. The van der Waals surface area contributed by atoms with Gasteiger partial charge < -0.3 is 9.47 Å². The highest BCUT2D eigenvalue weighted by molar-refractivity contribution is 6.44. The fourth-order valence-electron chi connectivity index (χ4n) is 3.99. The molecular formula is C21H20Cl2N2O4. The fraction of sp³-hybridized carbons (Fsp3) is 0.333. The van der Waals surface area contributed by atoms with Crippen LogP contribution in [0.1, 0.15) is 17.5 Å². The van der Waals surface area contributed by atoms with Gasteiger partial charge in [-0.15, -0.1) is 0 Å². The summed E-state index contributed by atoms with van der Waals surface area (Å²) in [4.78, 5) is 29.0. The van der Waals surface area contributed by atoms with E-state index >= 15 is 0 Å². The summed E-state index contributed by atoms with van der Waals surface area (Å²) in [5.41, 5.74) is 2.55. The number of carbonyl (C=O) groups excluding carboxylic acids is 2. The van der Waals surface area contributed by atoms with Crippen LogP contribution in [-0.2, 0) is 22.6 Å². The summed E-state index contributed by atoms with van der Waals surface area (Å²) >= 11 is 12.3. The van der Waals surface area contributed by atoms with Gasteiger partial charge in [0.05, 0.1) is 42.4 Å². The number of nitrogens with zero attached hydrogens (tertiary/aromatic N) is 2. The maximum atomic E-state index is 13.1. The number of imide groups is 1. The average molecular weight is 435 g/mol. The number of anilines is 1. The van der Waals surface area contributed by atoms with Gasteiger partial charge in [-0.05, 0) is 41.8 Å². The summed E-state index contributed by atoms with van der Waals surface area (Å²) in [6.07, 6.45) is 0.871. The first-order valence-corrected chi connectivity index (χ1v) is 9.98. The molecule has 0 aromatic heterocycles. The number of hydrogen-bond donors (Lipinski definition) is 0. The van der Waals surface area contributed by atoms with Gasteiger partial charge >= 0.3 is 0 Å². The number of halogens is 2. The monoisotopic (exact) mass is 434 g/mol. The lowest BCUT2D eigenvalue weighted by Gasteiger charge is -2.32. The molecule has 0 spiro atoms. The van der Waals surface area contributed by atoms with Gasteiger partial charge in [0.25, 0.3) is 5.91 Å². The Balaban J connectivity index is 1.60. The first kappa shape index (κ1) is 20.0. The minimum Gasteiger partial charge on any atom is -0.493 e. The van der Waals surface area contributed by atoms with Gasteiger partial charge in [-0.1, -0.05) is 29.3 Å². The summed E-state index contributed by atoms with van der Waals surface area (Å²) in [6, 6.07) is 8.32. The molecular weight excluding hydrogens is 415 g/mol. The van der Waals surface area contributed by atoms with Crippen molar-refractivity contribution >= 4 is 40.7 Å². The third-order valence-electron chi connectivity index (χ3n) is 5.48. The van der Waals surface area contributed by atoms with E-state index in [0.717, 1.165) is 22.4 Å². The largest absolute Gasteiger partial charge is 0.493 e. The van der Waals surface area contributed by atoms with Crippen LogP contribution in [-0.4, -0.2) is 43.5 Å². The lowest BCUT2D eigenvalue weighted by molar-refractivity contribution is -0.123. The van der Waals surface area contributed by atoms with Crippen LogP contribution in [0.5, 0.6) is 11.5 Å². The number of benzene rings is 2. The van der Waals surface area contributed by atoms with Gasteiger partial charge in [-0.2, -0.15) is 0 Å². The highest BCUT2D eigenvalue weighted by Crippen LogP contribution is 2.38. The quantitative estimate of drug-likeness (QED) is 0.686. The van der Waals surface area contributed by atoms with E-state index in [4.69, 9.17) is 32.7 Å². The van der Waals surface area contributed by atoms with Crippen molar-refractivity contribution in [1.29, 1.82) is 0 Å². The molecule has 1 fully saturated rings. The number of ether oxygens (including phenoxy) is 2. The molecule has 6 nitrogen and oxygen atoms in total. The van der Waals surface area contributed by atoms with Gasteiger partial charge in [-0.25, -0.2) is 4.90 Å². The molecule has 2 aliphatic rings. The zero-order chi connectivity index (χ0) is 20.7. The van der Waals surface area contributed by atoms with E-state index in [9.17, 15) is 9.59 Å². The Bertz CT molecular complexity index is 995. The van der Waals surface area contributed by atoms with Crippen molar-refractivity contribution < 1.29 is 19.1 Å². The molecule has 0 radical (unpaired) electrons. The number of methoxy groups -OCH3 is 2. The number of carbonyl (C=O) groups is 2. The Morgan fingerprint density at radius 2 is 1.72 bits per heavy atom. The maximum Gasteiger partial charge on any atom is 0.251 e. The Hall–Kier alpha value is -2.28. The zero-order valence-corrected chi connectivity index (χ0v) is 17.6. The van der Waals surface area contributed by atoms with Crippen LogP contribution < -0.4 is 14.4 Å². The van der Waals surface area contributed by atoms with Crippen LogP contribution in [0, 0.1) is 0 Å². The molecule has 2 amide bonds. The van der Waals surface area contributed by atoms with Crippen LogP contribution in [0.3, 0.4) is 0 Å². The van der Waals surface area contributed by atoms with E-state index in [1.165, 1.54) is 0 Å². The number of rotatable bonds is 4. The third kappa shape index (κ3) is 3.45. The Kier molecular flexibility index (Phi) is 5.42. The molecule has 4 rings (SSSR count). The molecule has 1 saturated heterocycles. The van der Waals surface area contributed by atoms with Crippen molar-refractivity contribution in [3.05, 3.63) is 51.5 Å². The topological polar surface area (TPSA) is 59.1 Å². The van der Waals surface area contributed by atoms with Crippen molar-refractivity contribution in [3.8, 4) is 11.5 Å². The van der Waals surface area contributed by atoms with E-state index < -0.39 is 6.04 Å². The van der Waals surface area contributed by atoms with Crippen molar-refractivity contribution in [2.24, 2.45) is 0 Å². The fourth-order valence-corrected chi connectivity index (χ4v) is 4.37. The second kappa shape index (κ2) is 7.86. The third-order valence-corrected chi connectivity index (χ3v) is 6.29. The molecule has 0 bridgehead atoms. The molecule has 2 aromatic carbocycles. The number of amides is 2. The minimum absolute atomic E-state index is 0.115. The van der Waals surface area contributed by atoms with E-state index in [-0.39, 0.29) is 23.3 Å². The normalized spacial score (nSPS) is 19.4. The molecule has 0 unspecified atom stereocenters. The van der Waals surface area contributed by atoms with E-state index in [2.05, 4.69) is 0 Å². The van der Waals surface area contributed by atoms with Gasteiger partial charge in [0.1, 0.15) is 0 Å². The summed E-state index contributed by atoms with van der Waals surface area (Å²) < 4.78 is 10.8. The Morgan fingerprint density at radius 3 is 2.41 bits per heavy atom. The predicted molar refractivity (Wildman–Crippen MR) is 111 cm³/mol. The molecule has 8 heteroatoms. The van der Waals surface area contributed by atoms with Crippen molar-refractivity contribution in [2.45, 2.75) is 25.4 Å². The Labute approximate surface area is 178 Å². The van der Waals surface area contributed by atoms with Gasteiger partial charge in [0.15, 0.2) is 11.5 Å². The second-order valence-electron chi connectivity index (χ2n) is 7.06. The van der Waals surface area contributed by atoms with Crippen LogP contribution in [0.15, 0.2) is 30.3 Å². The summed E-state index contributed by atoms with van der Waals surface area (Å²) in [6.45, 7) is 1.22. The molecule has 2 aliphatic heterocycles. The summed E-state index contributed by atoms with van der Waals surface area (Å²) in [7, 11) is 3.20. The molecule has 29 heavy (non-hydrogen) atoms. The van der Waals surface area contributed by atoms with Crippen LogP contribution >= 0.6 is 23.2 Å². The molecule has 0 aliphatic carbocycles. The second-order valence-corrected chi connectivity index (χ2v) is 7.84. The van der Waals surface area contributed by atoms with Gasteiger partial charge in [-0.3, -0.25) is 14.5 Å². The molecule has 1 atom stereocenters. The minimum atomic E-state index is -0.529. The maximum absolute atomic E-state index is 13.1. The lowest BCUT2D eigenvalue weighted by atomic mass is 9.97. The van der Waals surface area contributed by atoms with Gasteiger partial charge in [0.2, 0.25) is 5.91 Å². The lowest BCUT2D eigenvalue weighted by Crippen LogP contribution is -2.44. The van der Waals surface area contributed by atoms with Crippen LogP contribution in [0.2, 0.25) is 10.0 Å². The molecule has 0 N–H and O–H groups in total. The highest BCUT2D eigenvalue weighted by Gasteiger charge is 2.44. The van der Waals surface area contributed by atoms with Crippen molar-refractivity contribution in [3.63, 3.8) is 0 Å². The predicted octanol–water partition coefficient (Wildman–Crippen LogP) is 3.70. The van der Waals surface area contributed by atoms with Crippen molar-refractivity contribution in [1.82, 2.24) is 4.90 Å². The summed E-state index contributed by atoms with van der Waals surface area (Å²) in [5.74, 6) is 0.785.